The summed E-state index contributed by atoms with van der Waals surface area (Å²) in [5.74, 6) is 0. The van der Waals surface area contributed by atoms with E-state index in [1.807, 2.05) is 11.3 Å². The van der Waals surface area contributed by atoms with Gasteiger partial charge in [-0.25, -0.2) is 0 Å². The molecule has 0 atom stereocenters. The van der Waals surface area contributed by atoms with Gasteiger partial charge >= 0.3 is 0 Å². The van der Waals surface area contributed by atoms with Crippen molar-refractivity contribution >= 4 is 11.3 Å². The number of ether oxygens (including phenoxy) is 1. The van der Waals surface area contributed by atoms with Gasteiger partial charge in [-0.3, -0.25) is 4.90 Å². The molecule has 0 aromatic carbocycles. The molecule has 1 heterocycles. The Balaban J connectivity index is 2.31. The Kier molecular flexibility index (Phi) is 7.42. The maximum absolute atomic E-state index is 5.56. The fraction of sp³-hybridized carbons (Fsp3) is 0.667. The van der Waals surface area contributed by atoms with Crippen molar-refractivity contribution in [2.75, 3.05) is 33.4 Å². The predicted octanol–water partition coefficient (Wildman–Crippen LogP) is 1.94. The zero-order chi connectivity index (χ0) is 11.6. The Bertz CT molecular complexity index is 252. The van der Waals surface area contributed by atoms with Crippen molar-refractivity contribution in [1.82, 2.24) is 4.90 Å². The summed E-state index contributed by atoms with van der Waals surface area (Å²) in [4.78, 5) is 3.88. The van der Waals surface area contributed by atoms with Gasteiger partial charge in [-0.2, -0.15) is 0 Å². The lowest BCUT2D eigenvalue weighted by Gasteiger charge is -2.21. The lowest BCUT2D eigenvalue weighted by Crippen LogP contribution is -2.27. The summed E-state index contributed by atoms with van der Waals surface area (Å²) < 4.78 is 5.08. The topological polar surface area (TPSA) is 38.5 Å². The van der Waals surface area contributed by atoms with Gasteiger partial charge in [0.15, 0.2) is 0 Å². The molecule has 0 radical (unpaired) electrons. The van der Waals surface area contributed by atoms with Gasteiger partial charge in [-0.05, 0) is 37.4 Å². The molecule has 0 aliphatic rings. The summed E-state index contributed by atoms with van der Waals surface area (Å²) in [6.45, 7) is 4.82. The summed E-state index contributed by atoms with van der Waals surface area (Å²) in [7, 11) is 1.75. The average Bonchev–Trinajstić information content (AvgIpc) is 2.78. The lowest BCUT2D eigenvalue weighted by molar-refractivity contribution is 0.169. The molecule has 0 saturated heterocycles. The first-order valence-electron chi connectivity index (χ1n) is 5.80. The Morgan fingerprint density at radius 1 is 1.38 bits per heavy atom. The Morgan fingerprint density at radius 3 is 2.81 bits per heavy atom. The van der Waals surface area contributed by atoms with Crippen molar-refractivity contribution in [3.8, 4) is 0 Å². The predicted molar refractivity (Wildman–Crippen MR) is 69.8 cm³/mol. The molecule has 2 N–H and O–H groups in total. The van der Waals surface area contributed by atoms with Gasteiger partial charge in [-0.1, -0.05) is 6.07 Å². The minimum absolute atomic E-state index is 0.769. The first-order valence-corrected chi connectivity index (χ1v) is 6.68. The number of rotatable bonds is 9. The molecule has 1 aromatic heterocycles. The second-order valence-corrected chi connectivity index (χ2v) is 4.88. The van der Waals surface area contributed by atoms with Crippen LogP contribution in [0, 0.1) is 0 Å². The highest BCUT2D eigenvalue weighted by Crippen LogP contribution is 2.12. The number of nitrogens with two attached hydrogens (primary N) is 1. The van der Waals surface area contributed by atoms with Crippen LogP contribution in [-0.2, 0) is 11.3 Å². The highest BCUT2D eigenvalue weighted by Gasteiger charge is 2.05. The molecule has 3 nitrogen and oxygen atoms in total. The molecule has 1 aromatic rings. The van der Waals surface area contributed by atoms with Crippen LogP contribution in [0.3, 0.4) is 0 Å². The van der Waals surface area contributed by atoms with Crippen molar-refractivity contribution in [2.45, 2.75) is 19.4 Å². The third kappa shape index (κ3) is 5.61. The second-order valence-electron chi connectivity index (χ2n) is 3.84. The number of hydrogen-bond donors (Lipinski definition) is 1. The minimum atomic E-state index is 0.769. The molecule has 0 bridgehead atoms. The Hall–Kier alpha value is -0.420. The number of nitrogens with zero attached hydrogens (tertiary/aromatic N) is 1. The maximum Gasteiger partial charge on any atom is 0.0474 e. The molecule has 0 saturated carbocycles. The van der Waals surface area contributed by atoms with Crippen LogP contribution in [0.15, 0.2) is 17.5 Å². The van der Waals surface area contributed by atoms with Crippen LogP contribution in [0.25, 0.3) is 0 Å². The summed E-state index contributed by atoms with van der Waals surface area (Å²) in [6, 6.07) is 4.30. The normalized spacial score (nSPS) is 11.2. The van der Waals surface area contributed by atoms with Crippen LogP contribution in [0.4, 0.5) is 0 Å². The standard InChI is InChI=1S/C12H22N2OS/c1-15-9-4-8-14(7-3-6-13)11-12-5-2-10-16-12/h2,5,10H,3-4,6-9,11,13H2,1H3. The molecule has 1 rings (SSSR count). The van der Waals surface area contributed by atoms with Crippen LogP contribution < -0.4 is 5.73 Å². The lowest BCUT2D eigenvalue weighted by atomic mass is 10.3. The molecule has 16 heavy (non-hydrogen) atoms. The number of methoxy groups -OCH3 is 1. The summed E-state index contributed by atoms with van der Waals surface area (Å²) in [5, 5.41) is 2.13. The van der Waals surface area contributed by atoms with E-state index in [-0.39, 0.29) is 0 Å². The zero-order valence-electron chi connectivity index (χ0n) is 10.0. The smallest absolute Gasteiger partial charge is 0.0474 e. The monoisotopic (exact) mass is 242 g/mol. The van der Waals surface area contributed by atoms with Gasteiger partial charge in [0.25, 0.3) is 0 Å². The molecular weight excluding hydrogens is 220 g/mol. The quantitative estimate of drug-likeness (QED) is 0.673. The molecule has 0 unspecified atom stereocenters. The molecule has 4 heteroatoms. The van der Waals surface area contributed by atoms with E-state index < -0.39 is 0 Å². The fourth-order valence-electron chi connectivity index (χ4n) is 1.64. The van der Waals surface area contributed by atoms with Gasteiger partial charge in [0.1, 0.15) is 0 Å². The Morgan fingerprint density at radius 2 is 2.19 bits per heavy atom. The van der Waals surface area contributed by atoms with Crippen molar-refractivity contribution in [1.29, 1.82) is 0 Å². The van der Waals surface area contributed by atoms with E-state index in [9.17, 15) is 0 Å². The van der Waals surface area contributed by atoms with Crippen molar-refractivity contribution < 1.29 is 4.74 Å². The first kappa shape index (κ1) is 13.6. The van der Waals surface area contributed by atoms with Gasteiger partial charge in [0.05, 0.1) is 0 Å². The average molecular weight is 242 g/mol. The SMILES string of the molecule is COCCCN(CCCN)Cc1cccs1. The van der Waals surface area contributed by atoms with Crippen LogP contribution in [0.2, 0.25) is 0 Å². The van der Waals surface area contributed by atoms with Gasteiger partial charge in [0.2, 0.25) is 0 Å². The zero-order valence-corrected chi connectivity index (χ0v) is 10.8. The van der Waals surface area contributed by atoms with E-state index in [1.54, 1.807) is 7.11 Å². The van der Waals surface area contributed by atoms with Gasteiger partial charge < -0.3 is 10.5 Å². The van der Waals surface area contributed by atoms with E-state index in [0.29, 0.717) is 0 Å². The number of thiophene rings is 1. The van der Waals surface area contributed by atoms with Crippen LogP contribution in [0.1, 0.15) is 17.7 Å². The Labute approximate surface area is 102 Å². The molecular formula is C12H22N2OS. The highest BCUT2D eigenvalue weighted by atomic mass is 32.1. The molecule has 92 valence electrons. The van der Waals surface area contributed by atoms with Crippen LogP contribution in [-0.4, -0.2) is 38.3 Å². The summed E-state index contributed by atoms with van der Waals surface area (Å²) in [6.07, 6.45) is 2.16. The minimum Gasteiger partial charge on any atom is -0.385 e. The fourth-order valence-corrected chi connectivity index (χ4v) is 2.39. The second kappa shape index (κ2) is 8.70. The largest absolute Gasteiger partial charge is 0.385 e. The van der Waals surface area contributed by atoms with Gasteiger partial charge in [-0.15, -0.1) is 11.3 Å². The van der Waals surface area contributed by atoms with Crippen LogP contribution >= 0.6 is 11.3 Å². The van der Waals surface area contributed by atoms with E-state index in [1.165, 1.54) is 4.88 Å². The van der Waals surface area contributed by atoms with E-state index in [2.05, 4.69) is 22.4 Å². The van der Waals surface area contributed by atoms with Crippen molar-refractivity contribution in [3.63, 3.8) is 0 Å². The molecule has 0 aliphatic carbocycles. The molecule has 0 fully saturated rings. The summed E-state index contributed by atoms with van der Waals surface area (Å²) >= 11 is 1.82. The van der Waals surface area contributed by atoms with E-state index in [0.717, 1.165) is 45.6 Å². The third-order valence-electron chi connectivity index (χ3n) is 2.46. The van der Waals surface area contributed by atoms with E-state index in [4.69, 9.17) is 10.5 Å². The number of hydrogen-bond acceptors (Lipinski definition) is 4. The van der Waals surface area contributed by atoms with Gasteiger partial charge in [0, 0.05) is 31.7 Å². The maximum atomic E-state index is 5.56. The molecule has 0 amide bonds. The van der Waals surface area contributed by atoms with Crippen molar-refractivity contribution in [3.05, 3.63) is 22.4 Å². The van der Waals surface area contributed by atoms with Crippen LogP contribution in [0.5, 0.6) is 0 Å². The molecule has 0 aliphatic heterocycles. The first-order chi connectivity index (χ1) is 7.86. The summed E-state index contributed by atoms with van der Waals surface area (Å²) in [5.41, 5.74) is 5.56. The van der Waals surface area contributed by atoms with E-state index >= 15 is 0 Å². The third-order valence-corrected chi connectivity index (χ3v) is 3.32. The van der Waals surface area contributed by atoms with Crippen molar-refractivity contribution in [2.24, 2.45) is 5.73 Å². The molecule has 0 spiro atoms. The highest BCUT2D eigenvalue weighted by molar-refractivity contribution is 7.09.